The fraction of sp³-hybridized carbons (Fsp3) is 0.400. The first-order valence-corrected chi connectivity index (χ1v) is 5.04. The standard InChI is InChI=1S/C10H15N5/c1-3-15-7-4-9(12-15)8-11-10-5-6-14(2)13-10/h4-7H,3,8H2,1-2H3,(H,11,13). The summed E-state index contributed by atoms with van der Waals surface area (Å²) in [6, 6.07) is 3.95. The van der Waals surface area contributed by atoms with Gasteiger partial charge in [-0.2, -0.15) is 10.2 Å². The average Bonchev–Trinajstić information content (AvgIpc) is 2.83. The van der Waals surface area contributed by atoms with Crippen molar-refractivity contribution in [2.75, 3.05) is 5.32 Å². The molecule has 0 fully saturated rings. The summed E-state index contributed by atoms with van der Waals surface area (Å²) in [4.78, 5) is 0. The van der Waals surface area contributed by atoms with Gasteiger partial charge in [-0.1, -0.05) is 0 Å². The third kappa shape index (κ3) is 2.37. The van der Waals surface area contributed by atoms with Crippen LogP contribution in [0.5, 0.6) is 0 Å². The Labute approximate surface area is 88.7 Å². The van der Waals surface area contributed by atoms with Crippen LogP contribution in [0.25, 0.3) is 0 Å². The second-order valence-corrected chi connectivity index (χ2v) is 3.39. The van der Waals surface area contributed by atoms with Crippen LogP contribution in [0.1, 0.15) is 12.6 Å². The fourth-order valence-corrected chi connectivity index (χ4v) is 1.36. The van der Waals surface area contributed by atoms with E-state index in [0.717, 1.165) is 18.1 Å². The van der Waals surface area contributed by atoms with Gasteiger partial charge < -0.3 is 5.32 Å². The molecule has 0 bridgehead atoms. The van der Waals surface area contributed by atoms with Gasteiger partial charge in [0, 0.05) is 32.1 Å². The monoisotopic (exact) mass is 205 g/mol. The molecule has 0 amide bonds. The molecule has 15 heavy (non-hydrogen) atoms. The highest BCUT2D eigenvalue weighted by Crippen LogP contribution is 2.04. The summed E-state index contributed by atoms with van der Waals surface area (Å²) >= 11 is 0. The molecular formula is C10H15N5. The van der Waals surface area contributed by atoms with Crippen LogP contribution in [0.3, 0.4) is 0 Å². The van der Waals surface area contributed by atoms with Crippen LogP contribution >= 0.6 is 0 Å². The first kappa shape index (κ1) is 9.76. The minimum absolute atomic E-state index is 0.712. The topological polar surface area (TPSA) is 47.7 Å². The summed E-state index contributed by atoms with van der Waals surface area (Å²) in [6.45, 7) is 3.69. The van der Waals surface area contributed by atoms with Gasteiger partial charge in [0.25, 0.3) is 0 Å². The predicted octanol–water partition coefficient (Wildman–Crippen LogP) is 1.25. The van der Waals surface area contributed by atoms with Crippen molar-refractivity contribution in [1.29, 1.82) is 0 Å². The van der Waals surface area contributed by atoms with E-state index in [1.807, 2.05) is 36.3 Å². The molecule has 0 aliphatic carbocycles. The van der Waals surface area contributed by atoms with Gasteiger partial charge >= 0.3 is 0 Å². The van der Waals surface area contributed by atoms with Gasteiger partial charge in [-0.15, -0.1) is 0 Å². The Kier molecular flexibility index (Phi) is 2.71. The molecule has 2 rings (SSSR count). The second-order valence-electron chi connectivity index (χ2n) is 3.39. The summed E-state index contributed by atoms with van der Waals surface area (Å²) < 4.78 is 3.68. The lowest BCUT2D eigenvalue weighted by atomic mass is 10.4. The highest BCUT2D eigenvalue weighted by atomic mass is 15.3. The van der Waals surface area contributed by atoms with E-state index in [4.69, 9.17) is 0 Å². The van der Waals surface area contributed by atoms with Crippen molar-refractivity contribution < 1.29 is 0 Å². The van der Waals surface area contributed by atoms with Crippen LogP contribution in [0.4, 0.5) is 5.82 Å². The molecular weight excluding hydrogens is 190 g/mol. The molecule has 2 aromatic rings. The Balaban J connectivity index is 1.93. The van der Waals surface area contributed by atoms with Crippen molar-refractivity contribution in [3.05, 3.63) is 30.2 Å². The maximum atomic E-state index is 4.37. The van der Waals surface area contributed by atoms with Gasteiger partial charge in [-0.25, -0.2) is 0 Å². The smallest absolute Gasteiger partial charge is 0.148 e. The third-order valence-corrected chi connectivity index (χ3v) is 2.18. The summed E-state index contributed by atoms with van der Waals surface area (Å²) in [5, 5.41) is 11.8. The number of anilines is 1. The minimum atomic E-state index is 0.712. The van der Waals surface area contributed by atoms with Crippen LogP contribution in [0, 0.1) is 0 Å². The molecule has 0 saturated carbocycles. The number of aryl methyl sites for hydroxylation is 2. The molecule has 0 unspecified atom stereocenters. The number of nitrogens with one attached hydrogen (secondary N) is 1. The van der Waals surface area contributed by atoms with E-state index in [0.29, 0.717) is 6.54 Å². The van der Waals surface area contributed by atoms with Gasteiger partial charge in [0.1, 0.15) is 5.82 Å². The number of nitrogens with zero attached hydrogens (tertiary/aromatic N) is 4. The lowest BCUT2D eigenvalue weighted by Crippen LogP contribution is -2.03. The normalized spacial score (nSPS) is 10.5. The molecule has 0 saturated heterocycles. The minimum Gasteiger partial charge on any atom is -0.363 e. The molecule has 0 aliphatic rings. The second kappa shape index (κ2) is 4.16. The molecule has 0 aromatic carbocycles. The van der Waals surface area contributed by atoms with Crippen molar-refractivity contribution in [3.8, 4) is 0 Å². The van der Waals surface area contributed by atoms with E-state index in [1.54, 1.807) is 4.68 Å². The molecule has 5 nitrogen and oxygen atoms in total. The van der Waals surface area contributed by atoms with Crippen LogP contribution in [0.2, 0.25) is 0 Å². The zero-order valence-corrected chi connectivity index (χ0v) is 9.01. The largest absolute Gasteiger partial charge is 0.363 e. The predicted molar refractivity (Wildman–Crippen MR) is 58.4 cm³/mol. The van der Waals surface area contributed by atoms with Gasteiger partial charge in [0.15, 0.2) is 0 Å². The molecule has 2 heterocycles. The SMILES string of the molecule is CCn1ccc(CNc2ccn(C)n2)n1. The zero-order valence-electron chi connectivity index (χ0n) is 9.01. The summed E-state index contributed by atoms with van der Waals surface area (Å²) in [7, 11) is 1.90. The molecule has 0 spiro atoms. The molecule has 0 aliphatic heterocycles. The van der Waals surface area contributed by atoms with E-state index in [9.17, 15) is 0 Å². The molecule has 80 valence electrons. The Morgan fingerprint density at radius 1 is 1.27 bits per heavy atom. The quantitative estimate of drug-likeness (QED) is 0.817. The van der Waals surface area contributed by atoms with Crippen LogP contribution in [-0.2, 0) is 20.1 Å². The Hall–Kier alpha value is -1.78. The highest BCUT2D eigenvalue weighted by molar-refractivity contribution is 5.32. The van der Waals surface area contributed by atoms with E-state index in [2.05, 4.69) is 22.4 Å². The van der Waals surface area contributed by atoms with Crippen LogP contribution < -0.4 is 5.32 Å². The maximum Gasteiger partial charge on any atom is 0.148 e. The Morgan fingerprint density at radius 2 is 2.13 bits per heavy atom. The van der Waals surface area contributed by atoms with Crippen molar-refractivity contribution in [2.45, 2.75) is 20.0 Å². The van der Waals surface area contributed by atoms with E-state index >= 15 is 0 Å². The van der Waals surface area contributed by atoms with Gasteiger partial charge in [0.05, 0.1) is 12.2 Å². The maximum absolute atomic E-state index is 4.37. The highest BCUT2D eigenvalue weighted by Gasteiger charge is 1.99. The van der Waals surface area contributed by atoms with Crippen molar-refractivity contribution in [2.24, 2.45) is 7.05 Å². The fourth-order valence-electron chi connectivity index (χ4n) is 1.36. The third-order valence-electron chi connectivity index (χ3n) is 2.18. The van der Waals surface area contributed by atoms with Crippen molar-refractivity contribution in [1.82, 2.24) is 19.6 Å². The van der Waals surface area contributed by atoms with E-state index in [1.165, 1.54) is 0 Å². The average molecular weight is 205 g/mol. The first-order chi connectivity index (χ1) is 7.28. The molecule has 5 heteroatoms. The molecule has 0 radical (unpaired) electrons. The molecule has 2 aromatic heterocycles. The number of aromatic nitrogens is 4. The lowest BCUT2D eigenvalue weighted by Gasteiger charge is -1.99. The number of hydrogen-bond acceptors (Lipinski definition) is 3. The summed E-state index contributed by atoms with van der Waals surface area (Å²) in [5.41, 5.74) is 1.03. The summed E-state index contributed by atoms with van der Waals surface area (Å²) in [6.07, 6.45) is 3.89. The lowest BCUT2D eigenvalue weighted by molar-refractivity contribution is 0.648. The first-order valence-electron chi connectivity index (χ1n) is 5.04. The van der Waals surface area contributed by atoms with Crippen LogP contribution in [-0.4, -0.2) is 19.6 Å². The van der Waals surface area contributed by atoms with Gasteiger partial charge in [-0.05, 0) is 13.0 Å². The van der Waals surface area contributed by atoms with Crippen LogP contribution in [0.15, 0.2) is 24.5 Å². The van der Waals surface area contributed by atoms with Gasteiger partial charge in [0.2, 0.25) is 0 Å². The molecule has 1 N–H and O–H groups in total. The Bertz CT molecular complexity index is 428. The molecule has 0 atom stereocenters. The zero-order chi connectivity index (χ0) is 10.7. The van der Waals surface area contributed by atoms with Gasteiger partial charge in [-0.3, -0.25) is 9.36 Å². The number of rotatable bonds is 4. The summed E-state index contributed by atoms with van der Waals surface area (Å²) in [5.74, 6) is 0.878. The van der Waals surface area contributed by atoms with E-state index in [-0.39, 0.29) is 0 Å². The Morgan fingerprint density at radius 3 is 2.73 bits per heavy atom. The number of hydrogen-bond donors (Lipinski definition) is 1. The van der Waals surface area contributed by atoms with Crippen molar-refractivity contribution >= 4 is 5.82 Å². The van der Waals surface area contributed by atoms with E-state index < -0.39 is 0 Å². The van der Waals surface area contributed by atoms with Crippen molar-refractivity contribution in [3.63, 3.8) is 0 Å².